The summed E-state index contributed by atoms with van der Waals surface area (Å²) < 4.78 is 0. The van der Waals surface area contributed by atoms with Gasteiger partial charge in [0.25, 0.3) is 0 Å². The zero-order chi connectivity index (χ0) is 14.6. The van der Waals surface area contributed by atoms with Crippen LogP contribution in [-0.4, -0.2) is 29.3 Å². The number of carbonyl (C=O) groups excluding carboxylic acids is 1. The first-order chi connectivity index (χ1) is 10.2. The Bertz CT molecular complexity index is 572. The van der Waals surface area contributed by atoms with E-state index in [0.29, 0.717) is 23.7 Å². The molecule has 0 spiro atoms. The quantitative estimate of drug-likeness (QED) is 0.728. The minimum atomic E-state index is 0.233. The van der Waals surface area contributed by atoms with Gasteiger partial charge in [0, 0.05) is 24.4 Å². The van der Waals surface area contributed by atoms with E-state index in [-0.39, 0.29) is 11.3 Å². The highest BCUT2D eigenvalue weighted by Gasteiger charge is 2.58. The molecule has 3 heteroatoms. The highest BCUT2D eigenvalue weighted by molar-refractivity contribution is 6.20. The van der Waals surface area contributed by atoms with Gasteiger partial charge in [0.2, 0.25) is 5.91 Å². The number of likely N-dealkylation sites (tertiary alicyclic amines) is 1. The van der Waals surface area contributed by atoms with Crippen LogP contribution in [0.5, 0.6) is 0 Å². The zero-order valence-corrected chi connectivity index (χ0v) is 13.2. The summed E-state index contributed by atoms with van der Waals surface area (Å²) in [6.45, 7) is 3.84. The molecular weight excluding hydrogens is 282 g/mol. The van der Waals surface area contributed by atoms with Crippen molar-refractivity contribution in [3.63, 3.8) is 0 Å². The number of amides is 1. The lowest BCUT2D eigenvalue weighted by Crippen LogP contribution is -2.44. The molecule has 1 saturated heterocycles. The number of piperidine rings is 1. The fourth-order valence-electron chi connectivity index (χ4n) is 4.43. The van der Waals surface area contributed by atoms with Crippen LogP contribution < -0.4 is 0 Å². The largest absolute Gasteiger partial charge is 0.342 e. The van der Waals surface area contributed by atoms with E-state index >= 15 is 0 Å². The number of halogens is 1. The summed E-state index contributed by atoms with van der Waals surface area (Å²) in [5.74, 6) is 2.13. The second kappa shape index (κ2) is 5.01. The smallest absolute Gasteiger partial charge is 0.226 e. The summed E-state index contributed by atoms with van der Waals surface area (Å²) in [5, 5.41) is 0.233. The first-order valence-electron chi connectivity index (χ1n) is 8.17. The third kappa shape index (κ3) is 2.19. The van der Waals surface area contributed by atoms with Gasteiger partial charge in [0.15, 0.2) is 0 Å². The van der Waals surface area contributed by atoms with E-state index in [1.807, 2.05) is 0 Å². The number of carbonyl (C=O) groups is 1. The van der Waals surface area contributed by atoms with Gasteiger partial charge < -0.3 is 4.90 Å². The van der Waals surface area contributed by atoms with Crippen LogP contribution in [0.15, 0.2) is 24.3 Å². The molecule has 1 saturated carbocycles. The first-order valence-corrected chi connectivity index (χ1v) is 8.61. The van der Waals surface area contributed by atoms with Gasteiger partial charge in [-0.15, -0.1) is 11.6 Å². The maximum atomic E-state index is 12.9. The molecule has 1 aromatic rings. The lowest BCUT2D eigenvalue weighted by molar-refractivity contribution is -0.134. The summed E-state index contributed by atoms with van der Waals surface area (Å²) in [5.41, 5.74) is 2.90. The third-order valence-corrected chi connectivity index (χ3v) is 6.38. The Hall–Kier alpha value is -1.02. The van der Waals surface area contributed by atoms with E-state index in [0.717, 1.165) is 25.9 Å². The number of alkyl halides is 1. The molecule has 0 aromatic heterocycles. The summed E-state index contributed by atoms with van der Waals surface area (Å²) >= 11 is 6.28. The van der Waals surface area contributed by atoms with E-state index in [4.69, 9.17) is 11.6 Å². The molecule has 112 valence electrons. The number of fused-ring (bicyclic) bond motifs is 3. The molecule has 1 amide bonds. The zero-order valence-electron chi connectivity index (χ0n) is 12.5. The highest BCUT2D eigenvalue weighted by Crippen LogP contribution is 2.60. The van der Waals surface area contributed by atoms with Gasteiger partial charge in [-0.3, -0.25) is 4.79 Å². The molecule has 0 N–H and O–H groups in total. The van der Waals surface area contributed by atoms with Crippen molar-refractivity contribution in [3.05, 3.63) is 35.4 Å². The average molecular weight is 304 g/mol. The second-order valence-electron chi connectivity index (χ2n) is 7.02. The van der Waals surface area contributed by atoms with E-state index < -0.39 is 0 Å². The minimum Gasteiger partial charge on any atom is -0.342 e. The number of rotatable bonds is 1. The van der Waals surface area contributed by atoms with Gasteiger partial charge in [0.1, 0.15) is 0 Å². The maximum Gasteiger partial charge on any atom is 0.226 e. The molecule has 2 aliphatic carbocycles. The molecule has 1 heterocycles. The van der Waals surface area contributed by atoms with Gasteiger partial charge >= 0.3 is 0 Å². The van der Waals surface area contributed by atoms with E-state index in [1.165, 1.54) is 17.5 Å². The van der Waals surface area contributed by atoms with Crippen molar-refractivity contribution in [1.29, 1.82) is 0 Å². The van der Waals surface area contributed by atoms with E-state index in [1.54, 1.807) is 0 Å². The lowest BCUT2D eigenvalue weighted by Gasteiger charge is -2.34. The predicted octanol–water partition coefficient (Wildman–Crippen LogP) is 3.44. The van der Waals surface area contributed by atoms with Crippen LogP contribution in [0.3, 0.4) is 0 Å². The second-order valence-corrected chi connectivity index (χ2v) is 7.58. The molecule has 1 aliphatic heterocycles. The molecule has 5 atom stereocenters. The van der Waals surface area contributed by atoms with Crippen LogP contribution in [0.4, 0.5) is 0 Å². The monoisotopic (exact) mass is 303 g/mol. The fraction of sp³-hybridized carbons (Fsp3) is 0.611. The van der Waals surface area contributed by atoms with Crippen LogP contribution in [0.2, 0.25) is 0 Å². The Morgan fingerprint density at radius 2 is 2.10 bits per heavy atom. The Morgan fingerprint density at radius 3 is 2.90 bits per heavy atom. The maximum absolute atomic E-state index is 12.9. The van der Waals surface area contributed by atoms with E-state index in [2.05, 4.69) is 36.1 Å². The summed E-state index contributed by atoms with van der Waals surface area (Å²) in [7, 11) is 0. The molecule has 1 aromatic carbocycles. The lowest BCUT2D eigenvalue weighted by atomic mass is 9.92. The van der Waals surface area contributed by atoms with Crippen LogP contribution in [0.1, 0.15) is 36.8 Å². The molecule has 21 heavy (non-hydrogen) atoms. The molecule has 4 rings (SSSR count). The number of hydrogen-bond acceptors (Lipinski definition) is 1. The minimum absolute atomic E-state index is 0.233. The topological polar surface area (TPSA) is 20.3 Å². The van der Waals surface area contributed by atoms with Crippen molar-refractivity contribution < 1.29 is 4.79 Å². The van der Waals surface area contributed by atoms with Crippen molar-refractivity contribution in [3.8, 4) is 0 Å². The van der Waals surface area contributed by atoms with E-state index in [9.17, 15) is 4.79 Å². The van der Waals surface area contributed by atoms with Crippen LogP contribution in [-0.2, 0) is 11.2 Å². The molecule has 2 fully saturated rings. The fourth-order valence-corrected chi connectivity index (χ4v) is 4.61. The van der Waals surface area contributed by atoms with Crippen LogP contribution >= 0.6 is 11.6 Å². The SMILES string of the molecule is CC1CN(C(=O)C2C3CCc4ccccc4C32)CCC1Cl. The van der Waals surface area contributed by atoms with Crippen molar-refractivity contribution in [1.82, 2.24) is 4.90 Å². The summed E-state index contributed by atoms with van der Waals surface area (Å²) in [6.07, 6.45) is 3.26. The van der Waals surface area contributed by atoms with Gasteiger partial charge in [-0.05, 0) is 48.1 Å². The third-order valence-electron chi connectivity index (χ3n) is 5.73. The molecule has 0 bridgehead atoms. The molecule has 2 nitrogen and oxygen atoms in total. The molecular formula is C18H22ClNO. The number of benzene rings is 1. The Labute approximate surface area is 131 Å². The van der Waals surface area contributed by atoms with Crippen molar-refractivity contribution in [2.45, 2.75) is 37.5 Å². The van der Waals surface area contributed by atoms with Crippen molar-refractivity contribution in [2.75, 3.05) is 13.1 Å². The van der Waals surface area contributed by atoms with Gasteiger partial charge in [-0.25, -0.2) is 0 Å². The van der Waals surface area contributed by atoms with Gasteiger partial charge in [0.05, 0.1) is 0 Å². The first kappa shape index (κ1) is 13.6. The Balaban J connectivity index is 1.51. The normalized spacial score (nSPS) is 37.6. The summed E-state index contributed by atoms with van der Waals surface area (Å²) in [6, 6.07) is 8.69. The Morgan fingerprint density at radius 1 is 1.29 bits per heavy atom. The van der Waals surface area contributed by atoms with Crippen LogP contribution in [0, 0.1) is 17.8 Å². The Kier molecular flexibility index (Phi) is 3.25. The number of aryl methyl sites for hydroxylation is 1. The van der Waals surface area contributed by atoms with Crippen molar-refractivity contribution >= 4 is 17.5 Å². The van der Waals surface area contributed by atoms with Crippen molar-refractivity contribution in [2.24, 2.45) is 17.8 Å². The van der Waals surface area contributed by atoms with Crippen LogP contribution in [0.25, 0.3) is 0 Å². The molecule has 0 radical (unpaired) electrons. The average Bonchev–Trinajstić information content (AvgIpc) is 3.24. The predicted molar refractivity (Wildman–Crippen MR) is 84.5 cm³/mol. The summed E-state index contributed by atoms with van der Waals surface area (Å²) in [4.78, 5) is 15.0. The standard InChI is InChI=1S/C18H22ClNO/c1-11-10-20(9-8-15(11)19)18(21)17-14-7-6-12-4-2-3-5-13(12)16(14)17/h2-5,11,14-17H,6-10H2,1H3. The number of hydrogen-bond donors (Lipinski definition) is 0. The molecule has 3 aliphatic rings. The number of nitrogens with zero attached hydrogens (tertiary/aromatic N) is 1. The van der Waals surface area contributed by atoms with Gasteiger partial charge in [-0.1, -0.05) is 31.2 Å². The highest BCUT2D eigenvalue weighted by atomic mass is 35.5. The molecule has 5 unspecified atom stereocenters. The van der Waals surface area contributed by atoms with Gasteiger partial charge in [-0.2, -0.15) is 0 Å².